The molecular weight excluding hydrogens is 728 g/mol. The van der Waals surface area contributed by atoms with Crippen molar-refractivity contribution in [3.63, 3.8) is 0 Å². The maximum Gasteiger partial charge on any atom is 0.326 e. The molecule has 2 fully saturated rings. The van der Waals surface area contributed by atoms with Gasteiger partial charge in [-0.25, -0.2) is 9.78 Å². The molecule has 56 heavy (non-hydrogen) atoms. The molecule has 0 aliphatic carbocycles. The van der Waals surface area contributed by atoms with Crippen molar-refractivity contribution in [3.05, 3.63) is 54.1 Å². The van der Waals surface area contributed by atoms with Crippen molar-refractivity contribution in [3.8, 4) is 0 Å². The number of imidazole rings is 1. The zero-order valence-corrected chi connectivity index (χ0v) is 31.6. The normalized spacial score (nSPS) is 19.2. The molecule has 1 aromatic heterocycles. The van der Waals surface area contributed by atoms with Crippen molar-refractivity contribution in [1.29, 1.82) is 0 Å². The van der Waals surface area contributed by atoms with E-state index < -0.39 is 96.5 Å². The molecule has 0 radical (unpaired) electrons. The Bertz CT molecular complexity index is 1720. The van der Waals surface area contributed by atoms with Crippen LogP contribution in [0.2, 0.25) is 0 Å². The summed E-state index contributed by atoms with van der Waals surface area (Å²) in [4.78, 5) is 113. The number of carboxylic acid groups (broad SMARTS) is 1. The smallest absolute Gasteiger partial charge is 0.326 e. The Morgan fingerprint density at radius 2 is 1.54 bits per heavy atom. The number of nitrogens with zero attached hydrogens (tertiary/aromatic N) is 3. The monoisotopic (exact) mass is 780 g/mol. The van der Waals surface area contributed by atoms with Crippen LogP contribution in [0.1, 0.15) is 63.6 Å². The lowest BCUT2D eigenvalue weighted by molar-refractivity contribution is -0.144. The van der Waals surface area contributed by atoms with E-state index in [0.29, 0.717) is 50.8 Å². The summed E-state index contributed by atoms with van der Waals surface area (Å²) in [6.07, 6.45) is 4.51. The first-order chi connectivity index (χ1) is 26.7. The standard InChI is InChI=1S/C37H52N10O9/c1-3-21(2)31(35(53)43-25(16-23-18-40-20-42-23)32(50)44-26(37(55)56)17-29(39)48)45-34(52)28-12-7-13-46(28)30(49)19-41-33(51)27-11-8-14-47(27)36(54)24(38)15-22-9-5-4-6-10-22/h4-6,9-10,18,20-21,24-28,31H,3,7-8,11-17,19,38H2,1-2H3,(H2,39,48)(H,40,42)(H,41,51)(H,43,53)(H,44,50)(H,45,52)(H,55,56)/t21-,24-,25-,26-,27-,28-,31-/m0/s1. The minimum absolute atomic E-state index is 0.133. The summed E-state index contributed by atoms with van der Waals surface area (Å²) in [6, 6.07) is 2.57. The third-order valence-electron chi connectivity index (χ3n) is 10.2. The lowest BCUT2D eigenvalue weighted by atomic mass is 9.97. The predicted octanol–water partition coefficient (Wildman–Crippen LogP) is -1.92. The molecule has 0 bridgehead atoms. The number of nitrogens with one attached hydrogen (secondary N) is 5. The van der Waals surface area contributed by atoms with Crippen LogP contribution < -0.4 is 32.7 Å². The number of rotatable bonds is 19. The Morgan fingerprint density at radius 3 is 2.14 bits per heavy atom. The molecule has 10 N–H and O–H groups in total. The number of aromatic amines is 1. The summed E-state index contributed by atoms with van der Waals surface area (Å²) in [5.74, 6) is -6.53. The van der Waals surface area contributed by atoms with Crippen molar-refractivity contribution < 1.29 is 43.5 Å². The maximum absolute atomic E-state index is 13.8. The van der Waals surface area contributed by atoms with Crippen LogP contribution in [-0.2, 0) is 51.2 Å². The summed E-state index contributed by atoms with van der Waals surface area (Å²) in [5, 5.41) is 19.7. The van der Waals surface area contributed by atoms with Gasteiger partial charge in [-0.1, -0.05) is 50.6 Å². The molecule has 2 saturated heterocycles. The minimum Gasteiger partial charge on any atom is -0.480 e. The quantitative estimate of drug-likeness (QED) is 0.0778. The van der Waals surface area contributed by atoms with Gasteiger partial charge in [-0.05, 0) is 43.6 Å². The molecule has 1 aromatic carbocycles. The summed E-state index contributed by atoms with van der Waals surface area (Å²) in [5.41, 5.74) is 12.7. The van der Waals surface area contributed by atoms with Gasteiger partial charge in [-0.2, -0.15) is 0 Å². The zero-order valence-electron chi connectivity index (χ0n) is 31.6. The summed E-state index contributed by atoms with van der Waals surface area (Å²) < 4.78 is 0. The molecule has 0 spiro atoms. The molecule has 2 aromatic rings. The Hall–Kier alpha value is -5.85. The van der Waals surface area contributed by atoms with Crippen LogP contribution in [0.4, 0.5) is 0 Å². The van der Waals surface area contributed by atoms with Crippen LogP contribution in [0, 0.1) is 5.92 Å². The molecular formula is C37H52N10O9. The van der Waals surface area contributed by atoms with Crippen LogP contribution in [0.5, 0.6) is 0 Å². The highest BCUT2D eigenvalue weighted by molar-refractivity contribution is 5.97. The van der Waals surface area contributed by atoms with E-state index in [2.05, 4.69) is 31.2 Å². The number of amides is 7. The van der Waals surface area contributed by atoms with E-state index in [0.717, 1.165) is 5.56 Å². The van der Waals surface area contributed by atoms with E-state index in [1.54, 1.807) is 13.8 Å². The second-order valence-electron chi connectivity index (χ2n) is 14.2. The number of nitrogens with two attached hydrogens (primary N) is 2. The minimum atomic E-state index is -1.65. The van der Waals surface area contributed by atoms with E-state index in [-0.39, 0.29) is 18.9 Å². The van der Waals surface area contributed by atoms with E-state index in [1.165, 1.54) is 22.3 Å². The van der Waals surface area contributed by atoms with Gasteiger partial charge in [0.1, 0.15) is 30.2 Å². The van der Waals surface area contributed by atoms with Gasteiger partial charge >= 0.3 is 5.97 Å². The number of H-pyrrole nitrogens is 1. The van der Waals surface area contributed by atoms with Crippen LogP contribution >= 0.6 is 0 Å². The van der Waals surface area contributed by atoms with Crippen LogP contribution in [0.25, 0.3) is 0 Å². The van der Waals surface area contributed by atoms with Crippen LogP contribution in [0.3, 0.4) is 0 Å². The van der Waals surface area contributed by atoms with Crippen molar-refractivity contribution in [2.45, 2.75) is 101 Å². The topological polar surface area (TPSA) is 292 Å². The summed E-state index contributed by atoms with van der Waals surface area (Å²) in [6.45, 7) is 3.71. The maximum atomic E-state index is 13.8. The third kappa shape index (κ3) is 11.6. The fraction of sp³-hybridized carbons (Fsp3) is 0.541. The van der Waals surface area contributed by atoms with E-state index in [9.17, 15) is 43.5 Å². The van der Waals surface area contributed by atoms with Crippen molar-refractivity contribution in [1.82, 2.24) is 41.0 Å². The first kappa shape index (κ1) is 42.9. The molecule has 2 aliphatic rings. The van der Waals surface area contributed by atoms with Gasteiger partial charge in [0, 0.05) is 31.4 Å². The third-order valence-corrected chi connectivity index (χ3v) is 10.2. The van der Waals surface area contributed by atoms with Crippen LogP contribution in [0.15, 0.2) is 42.9 Å². The largest absolute Gasteiger partial charge is 0.480 e. The molecule has 7 amide bonds. The number of aliphatic carboxylic acids is 1. The number of primary amides is 1. The Morgan fingerprint density at radius 1 is 0.893 bits per heavy atom. The first-order valence-corrected chi connectivity index (χ1v) is 18.8. The molecule has 2 aliphatic heterocycles. The average Bonchev–Trinajstić information content (AvgIpc) is 3.98. The highest BCUT2D eigenvalue weighted by Gasteiger charge is 2.40. The summed E-state index contributed by atoms with van der Waals surface area (Å²) >= 11 is 0. The van der Waals surface area contributed by atoms with Crippen molar-refractivity contribution >= 4 is 47.3 Å². The fourth-order valence-corrected chi connectivity index (χ4v) is 6.90. The number of carboxylic acids is 1. The van der Waals surface area contributed by atoms with Gasteiger partial charge < -0.3 is 52.6 Å². The molecule has 7 atom stereocenters. The Balaban J connectivity index is 1.38. The Kier molecular flexibility index (Phi) is 15.5. The Labute approximate surface area is 324 Å². The number of carbonyl (C=O) groups excluding carboxylic acids is 7. The van der Waals surface area contributed by atoms with Gasteiger partial charge in [0.25, 0.3) is 0 Å². The predicted molar refractivity (Wildman–Crippen MR) is 200 cm³/mol. The molecule has 4 rings (SSSR count). The first-order valence-electron chi connectivity index (χ1n) is 18.8. The van der Waals surface area contributed by atoms with Gasteiger partial charge in [0.15, 0.2) is 0 Å². The second kappa shape index (κ2) is 20.2. The van der Waals surface area contributed by atoms with Crippen molar-refractivity contribution in [2.75, 3.05) is 19.6 Å². The van der Waals surface area contributed by atoms with Gasteiger partial charge in [-0.3, -0.25) is 33.6 Å². The lowest BCUT2D eigenvalue weighted by Crippen LogP contribution is -2.60. The highest BCUT2D eigenvalue weighted by atomic mass is 16.4. The molecule has 0 unspecified atom stereocenters. The number of aromatic nitrogens is 2. The SMILES string of the molecule is CC[C@H](C)[C@H](NC(=O)[C@@H]1CCCN1C(=O)CNC(=O)[C@@H]1CCCN1C(=O)[C@@H](N)Cc1ccccc1)C(=O)N[C@@H](Cc1cnc[nH]1)C(=O)N[C@@H](CC(N)=O)C(=O)O. The molecule has 0 saturated carbocycles. The van der Waals surface area contributed by atoms with Gasteiger partial charge in [-0.15, -0.1) is 0 Å². The second-order valence-corrected chi connectivity index (χ2v) is 14.2. The number of benzene rings is 1. The van der Waals surface area contributed by atoms with Crippen LogP contribution in [-0.4, -0.2) is 128 Å². The highest BCUT2D eigenvalue weighted by Crippen LogP contribution is 2.21. The zero-order chi connectivity index (χ0) is 40.9. The number of hydrogen-bond donors (Lipinski definition) is 8. The number of carbonyl (C=O) groups is 8. The molecule has 304 valence electrons. The lowest BCUT2D eigenvalue weighted by Gasteiger charge is -2.30. The van der Waals surface area contributed by atoms with Gasteiger partial charge in [0.05, 0.1) is 25.3 Å². The number of hydrogen-bond acceptors (Lipinski definition) is 10. The molecule has 19 heteroatoms. The molecule has 19 nitrogen and oxygen atoms in total. The van der Waals surface area contributed by atoms with Gasteiger partial charge in [0.2, 0.25) is 41.4 Å². The van der Waals surface area contributed by atoms with E-state index in [1.807, 2.05) is 30.3 Å². The van der Waals surface area contributed by atoms with E-state index in [4.69, 9.17) is 11.5 Å². The van der Waals surface area contributed by atoms with E-state index >= 15 is 0 Å². The average molecular weight is 781 g/mol. The molecule has 3 heterocycles. The van der Waals surface area contributed by atoms with Crippen molar-refractivity contribution in [2.24, 2.45) is 17.4 Å². The fourth-order valence-electron chi connectivity index (χ4n) is 6.90. The summed E-state index contributed by atoms with van der Waals surface area (Å²) in [7, 11) is 0. The number of likely N-dealkylation sites (tertiary alicyclic amines) is 2.